The monoisotopic (exact) mass is 340 g/mol. The lowest BCUT2D eigenvalue weighted by Crippen LogP contribution is -2.51. The molecule has 1 aliphatic rings. The van der Waals surface area contributed by atoms with Gasteiger partial charge in [0, 0.05) is 12.1 Å². The molecule has 0 aliphatic carbocycles. The van der Waals surface area contributed by atoms with Crippen LogP contribution in [-0.2, 0) is 14.8 Å². The third kappa shape index (κ3) is 4.31. The number of hydrogen-bond donors (Lipinski definition) is 2. The first kappa shape index (κ1) is 17.9. The van der Waals surface area contributed by atoms with Crippen LogP contribution in [0, 0.1) is 6.92 Å². The molecule has 1 aliphatic heterocycles. The lowest BCUT2D eigenvalue weighted by atomic mass is 10.0. The summed E-state index contributed by atoms with van der Waals surface area (Å²) in [6, 6.07) is 4.52. The average molecular weight is 340 g/mol. The molecule has 0 radical (unpaired) electrons. The van der Waals surface area contributed by atoms with Gasteiger partial charge in [-0.3, -0.25) is 0 Å². The van der Waals surface area contributed by atoms with Gasteiger partial charge in [-0.1, -0.05) is 6.07 Å². The number of nitrogens with one attached hydrogen (secondary N) is 2. The first-order chi connectivity index (χ1) is 10.8. The molecule has 0 bridgehead atoms. The summed E-state index contributed by atoms with van der Waals surface area (Å²) in [5.41, 5.74) is 0.842. The molecule has 2 unspecified atom stereocenters. The van der Waals surface area contributed by atoms with Crippen molar-refractivity contribution in [2.24, 2.45) is 0 Å². The van der Waals surface area contributed by atoms with E-state index in [0.29, 0.717) is 5.56 Å². The van der Waals surface area contributed by atoms with Crippen LogP contribution in [0.2, 0.25) is 0 Å². The standard InChI is InChI=1S/C16H24N2O4S/c1-4-22-16(19)13-8-7-11(2)15(10-13)23(20,21)18-14-6-5-9-17-12(14)3/h7-8,10,12,14,17-18H,4-6,9H2,1-3H3. The molecular weight excluding hydrogens is 316 g/mol. The van der Waals surface area contributed by atoms with Crippen molar-refractivity contribution in [2.45, 2.75) is 50.6 Å². The SMILES string of the molecule is CCOC(=O)c1ccc(C)c(S(=O)(=O)NC2CCCNC2C)c1. The van der Waals surface area contributed by atoms with Gasteiger partial charge in [-0.05, 0) is 57.9 Å². The number of sulfonamides is 1. The van der Waals surface area contributed by atoms with Crippen LogP contribution in [0.15, 0.2) is 23.1 Å². The topological polar surface area (TPSA) is 84.5 Å². The maximum Gasteiger partial charge on any atom is 0.338 e. The summed E-state index contributed by atoms with van der Waals surface area (Å²) in [5, 5.41) is 3.27. The second-order valence-corrected chi connectivity index (χ2v) is 7.50. The highest BCUT2D eigenvalue weighted by Crippen LogP contribution is 2.20. The number of benzene rings is 1. The zero-order valence-corrected chi connectivity index (χ0v) is 14.6. The molecule has 2 N–H and O–H groups in total. The summed E-state index contributed by atoms with van der Waals surface area (Å²) in [4.78, 5) is 12.0. The highest BCUT2D eigenvalue weighted by Gasteiger charge is 2.28. The molecule has 7 heteroatoms. The third-order valence-corrected chi connectivity index (χ3v) is 5.69. The molecule has 2 rings (SSSR count). The Labute approximate surface area is 137 Å². The minimum atomic E-state index is -3.69. The Kier molecular flexibility index (Phi) is 5.78. The van der Waals surface area contributed by atoms with E-state index in [1.165, 1.54) is 6.07 Å². The fourth-order valence-electron chi connectivity index (χ4n) is 2.70. The summed E-state index contributed by atoms with van der Waals surface area (Å²) >= 11 is 0. The summed E-state index contributed by atoms with van der Waals surface area (Å²) in [6.07, 6.45) is 1.73. The van der Waals surface area contributed by atoms with E-state index in [1.54, 1.807) is 26.0 Å². The molecule has 6 nitrogen and oxygen atoms in total. The van der Waals surface area contributed by atoms with Crippen LogP contribution in [0.4, 0.5) is 0 Å². The minimum absolute atomic E-state index is 0.0760. The molecule has 0 aromatic heterocycles. The van der Waals surface area contributed by atoms with Crippen LogP contribution in [0.3, 0.4) is 0 Å². The van der Waals surface area contributed by atoms with Crippen LogP contribution in [0.25, 0.3) is 0 Å². The van der Waals surface area contributed by atoms with Crippen LogP contribution in [-0.4, -0.2) is 39.6 Å². The summed E-state index contributed by atoms with van der Waals surface area (Å²) in [7, 11) is -3.69. The molecule has 1 fully saturated rings. The van der Waals surface area contributed by atoms with Crippen LogP contribution in [0.5, 0.6) is 0 Å². The Balaban J connectivity index is 2.27. The maximum atomic E-state index is 12.7. The number of aryl methyl sites for hydroxylation is 1. The molecule has 1 aromatic carbocycles. The fourth-order valence-corrected chi connectivity index (χ4v) is 4.32. The smallest absolute Gasteiger partial charge is 0.338 e. The molecule has 1 saturated heterocycles. The number of carbonyl (C=O) groups is 1. The van der Waals surface area contributed by atoms with Crippen molar-refractivity contribution in [2.75, 3.05) is 13.2 Å². The number of rotatable bonds is 5. The summed E-state index contributed by atoms with van der Waals surface area (Å²) in [6.45, 7) is 6.54. The van der Waals surface area contributed by atoms with Crippen LogP contribution in [0.1, 0.15) is 42.6 Å². The molecule has 0 amide bonds. The molecule has 2 atom stereocenters. The lowest BCUT2D eigenvalue weighted by Gasteiger charge is -2.30. The van der Waals surface area contributed by atoms with Gasteiger partial charge in [-0.15, -0.1) is 0 Å². The Bertz CT molecular complexity index is 673. The predicted octanol–water partition coefficient (Wildman–Crippen LogP) is 1.59. The van der Waals surface area contributed by atoms with Crippen molar-refractivity contribution in [1.82, 2.24) is 10.0 Å². The van der Waals surface area contributed by atoms with Crippen molar-refractivity contribution < 1.29 is 17.9 Å². The van der Waals surface area contributed by atoms with Gasteiger partial charge in [0.2, 0.25) is 10.0 Å². The Morgan fingerprint density at radius 3 is 2.83 bits per heavy atom. The minimum Gasteiger partial charge on any atom is -0.462 e. The maximum absolute atomic E-state index is 12.7. The highest BCUT2D eigenvalue weighted by molar-refractivity contribution is 7.89. The Hall–Kier alpha value is -1.44. The van der Waals surface area contributed by atoms with Crippen LogP contribution >= 0.6 is 0 Å². The van der Waals surface area contributed by atoms with E-state index in [2.05, 4.69) is 10.0 Å². The first-order valence-electron chi connectivity index (χ1n) is 7.88. The molecule has 23 heavy (non-hydrogen) atoms. The number of carbonyl (C=O) groups excluding carboxylic acids is 1. The van der Waals surface area contributed by atoms with E-state index in [1.807, 2.05) is 6.92 Å². The van der Waals surface area contributed by atoms with Crippen molar-refractivity contribution in [3.8, 4) is 0 Å². The number of ether oxygens (including phenoxy) is 1. The largest absolute Gasteiger partial charge is 0.462 e. The van der Waals surface area contributed by atoms with Gasteiger partial charge in [0.1, 0.15) is 0 Å². The van der Waals surface area contributed by atoms with E-state index in [-0.39, 0.29) is 29.1 Å². The number of esters is 1. The van der Waals surface area contributed by atoms with Gasteiger partial charge in [-0.2, -0.15) is 0 Å². The fraction of sp³-hybridized carbons (Fsp3) is 0.562. The van der Waals surface area contributed by atoms with Gasteiger partial charge in [0.15, 0.2) is 0 Å². The van der Waals surface area contributed by atoms with Crippen molar-refractivity contribution in [1.29, 1.82) is 0 Å². The van der Waals surface area contributed by atoms with Gasteiger partial charge < -0.3 is 10.1 Å². The second-order valence-electron chi connectivity index (χ2n) is 5.81. The molecule has 1 aromatic rings. The molecule has 128 valence electrons. The summed E-state index contributed by atoms with van der Waals surface area (Å²) < 4.78 is 33.1. The normalized spacial score (nSPS) is 21.9. The molecule has 0 spiro atoms. The predicted molar refractivity (Wildman–Crippen MR) is 87.9 cm³/mol. The van der Waals surface area contributed by atoms with Gasteiger partial charge in [0.25, 0.3) is 0 Å². The zero-order chi connectivity index (χ0) is 17.0. The van der Waals surface area contributed by atoms with E-state index in [9.17, 15) is 13.2 Å². The Morgan fingerprint density at radius 2 is 2.17 bits per heavy atom. The average Bonchev–Trinajstić information content (AvgIpc) is 2.50. The van der Waals surface area contributed by atoms with E-state index >= 15 is 0 Å². The van der Waals surface area contributed by atoms with Crippen molar-refractivity contribution in [3.05, 3.63) is 29.3 Å². The second kappa shape index (κ2) is 7.42. The van der Waals surface area contributed by atoms with Crippen molar-refractivity contribution >= 4 is 16.0 Å². The van der Waals surface area contributed by atoms with Crippen LogP contribution < -0.4 is 10.0 Å². The van der Waals surface area contributed by atoms with E-state index in [0.717, 1.165) is 19.4 Å². The first-order valence-corrected chi connectivity index (χ1v) is 9.37. The van der Waals surface area contributed by atoms with E-state index in [4.69, 9.17) is 4.74 Å². The summed E-state index contributed by atoms with van der Waals surface area (Å²) in [5.74, 6) is -0.517. The lowest BCUT2D eigenvalue weighted by molar-refractivity contribution is 0.0526. The zero-order valence-electron chi connectivity index (χ0n) is 13.8. The highest BCUT2D eigenvalue weighted by atomic mass is 32.2. The number of piperidine rings is 1. The van der Waals surface area contributed by atoms with Gasteiger partial charge >= 0.3 is 5.97 Å². The Morgan fingerprint density at radius 1 is 1.43 bits per heavy atom. The van der Waals surface area contributed by atoms with E-state index < -0.39 is 16.0 Å². The van der Waals surface area contributed by atoms with Gasteiger partial charge in [0.05, 0.1) is 17.1 Å². The molecular formula is C16H24N2O4S. The third-order valence-electron chi connectivity index (χ3n) is 4.06. The quantitative estimate of drug-likeness (QED) is 0.795. The molecule has 0 saturated carbocycles. The van der Waals surface area contributed by atoms with Crippen molar-refractivity contribution in [3.63, 3.8) is 0 Å². The number of hydrogen-bond acceptors (Lipinski definition) is 5. The molecule has 1 heterocycles. The van der Waals surface area contributed by atoms with Gasteiger partial charge in [-0.25, -0.2) is 17.9 Å².